The second-order valence-electron chi connectivity index (χ2n) is 11.9. The van der Waals surface area contributed by atoms with Gasteiger partial charge in [-0.25, -0.2) is 0 Å². The highest BCUT2D eigenvalue weighted by molar-refractivity contribution is 8.02. The minimum Gasteiger partial charge on any atom is -0.396 e. The number of hydrogen-bond acceptors (Lipinski definition) is 5. The van der Waals surface area contributed by atoms with Gasteiger partial charge in [0.15, 0.2) is 0 Å². The molecule has 0 aromatic heterocycles. The van der Waals surface area contributed by atoms with Gasteiger partial charge in [0, 0.05) is 43.7 Å². The van der Waals surface area contributed by atoms with Crippen LogP contribution >= 0.6 is 11.8 Å². The fourth-order valence-corrected chi connectivity index (χ4v) is 9.91. The molecule has 6 atom stereocenters. The largest absolute Gasteiger partial charge is 0.396 e. The van der Waals surface area contributed by atoms with Crippen molar-refractivity contribution in [2.45, 2.75) is 55.2 Å². The zero-order valence-electron chi connectivity index (χ0n) is 25.0. The van der Waals surface area contributed by atoms with Gasteiger partial charge in [0.1, 0.15) is 6.04 Å². The van der Waals surface area contributed by atoms with Gasteiger partial charge in [-0.05, 0) is 49.3 Å². The molecule has 5 rings (SSSR count). The summed E-state index contributed by atoms with van der Waals surface area (Å²) in [6.45, 7) is 11.6. The Morgan fingerprint density at radius 3 is 2.33 bits per heavy atom. The Bertz CT molecular complexity index is 1320. The summed E-state index contributed by atoms with van der Waals surface area (Å²) in [5.74, 6) is -1.26. The molecule has 3 saturated heterocycles. The van der Waals surface area contributed by atoms with Crippen LogP contribution in [-0.2, 0) is 20.9 Å². The number of rotatable bonds is 14. The van der Waals surface area contributed by atoms with Crippen LogP contribution in [0.15, 0.2) is 86.0 Å². The van der Waals surface area contributed by atoms with Crippen LogP contribution < -0.4 is 4.90 Å². The molecule has 1 N–H and O–H groups in total. The second kappa shape index (κ2) is 13.5. The van der Waals surface area contributed by atoms with Crippen LogP contribution in [0.2, 0.25) is 0 Å². The van der Waals surface area contributed by atoms with Crippen molar-refractivity contribution in [3.63, 3.8) is 0 Å². The van der Waals surface area contributed by atoms with Gasteiger partial charge >= 0.3 is 0 Å². The Morgan fingerprint density at radius 2 is 1.67 bits per heavy atom. The van der Waals surface area contributed by atoms with Gasteiger partial charge < -0.3 is 19.8 Å². The Kier molecular flexibility index (Phi) is 9.77. The van der Waals surface area contributed by atoms with Gasteiger partial charge in [0.2, 0.25) is 17.7 Å². The Balaban J connectivity index is 1.53. The number of likely N-dealkylation sites (tertiary alicyclic amines) is 1. The smallest absolute Gasteiger partial charge is 0.247 e. The molecular formula is C35H43N3O4S. The number of amides is 3. The number of carbonyl (C=O) groups excluding carboxylic acids is 3. The Labute approximate surface area is 259 Å². The lowest BCUT2D eigenvalue weighted by atomic mass is 9.65. The fraction of sp³-hybridized carbons (Fsp3) is 0.457. The number of anilines is 1. The van der Waals surface area contributed by atoms with Crippen molar-refractivity contribution in [3.8, 4) is 0 Å². The predicted molar refractivity (Wildman–Crippen MR) is 172 cm³/mol. The average Bonchev–Trinajstić information content (AvgIpc) is 3.61. The fourth-order valence-electron chi connectivity index (χ4n) is 7.50. The number of carbonyl (C=O) groups is 3. The number of aliphatic hydroxyl groups is 1. The molecule has 7 nitrogen and oxygen atoms in total. The second-order valence-corrected chi connectivity index (χ2v) is 13.5. The van der Waals surface area contributed by atoms with Crippen molar-refractivity contribution < 1.29 is 19.5 Å². The zero-order chi connectivity index (χ0) is 30.6. The van der Waals surface area contributed by atoms with Crippen LogP contribution in [0, 0.1) is 17.8 Å². The highest BCUT2D eigenvalue weighted by Crippen LogP contribution is 2.69. The van der Waals surface area contributed by atoms with Crippen LogP contribution in [0.1, 0.15) is 38.2 Å². The number of benzene rings is 2. The maximum Gasteiger partial charge on any atom is 0.247 e. The van der Waals surface area contributed by atoms with E-state index in [1.807, 2.05) is 65.6 Å². The van der Waals surface area contributed by atoms with Crippen molar-refractivity contribution in [2.75, 3.05) is 31.1 Å². The highest BCUT2D eigenvalue weighted by atomic mass is 32.2. The van der Waals surface area contributed by atoms with Crippen LogP contribution in [-0.4, -0.2) is 74.9 Å². The molecular weight excluding hydrogens is 558 g/mol. The quantitative estimate of drug-likeness (QED) is 0.246. The molecule has 8 heteroatoms. The summed E-state index contributed by atoms with van der Waals surface area (Å²) in [6, 6.07) is 18.8. The molecule has 228 valence electrons. The molecule has 3 heterocycles. The summed E-state index contributed by atoms with van der Waals surface area (Å²) in [5.41, 5.74) is 1.79. The van der Waals surface area contributed by atoms with E-state index in [2.05, 4.69) is 20.1 Å². The zero-order valence-corrected chi connectivity index (χ0v) is 25.8. The number of para-hydroxylation sites is 1. The van der Waals surface area contributed by atoms with Gasteiger partial charge in [-0.15, -0.1) is 24.9 Å². The third-order valence-electron chi connectivity index (χ3n) is 9.34. The first-order chi connectivity index (χ1) is 20.9. The number of aliphatic hydroxyl groups excluding tert-OH is 1. The number of hydrogen-bond donors (Lipinski definition) is 1. The normalized spacial score (nSPS) is 27.2. The van der Waals surface area contributed by atoms with E-state index < -0.39 is 22.6 Å². The van der Waals surface area contributed by atoms with Crippen LogP contribution in [0.3, 0.4) is 0 Å². The maximum atomic E-state index is 14.7. The van der Waals surface area contributed by atoms with Crippen molar-refractivity contribution in [1.29, 1.82) is 0 Å². The van der Waals surface area contributed by atoms with Gasteiger partial charge in [0.05, 0.1) is 16.6 Å². The lowest BCUT2D eigenvalue weighted by Gasteiger charge is -2.41. The summed E-state index contributed by atoms with van der Waals surface area (Å²) in [4.78, 5) is 49.0. The van der Waals surface area contributed by atoms with E-state index in [1.54, 1.807) is 33.7 Å². The standard InChI is InChI=1S/C35H43N3O4S/c1-4-19-36(24-26-15-9-6-10-16-26)34(42)31-35-25(3)23-28(43-35)29(30(35)33(41)38(31)21-13-8-14-22-39)32(40)37(20-5-2)27-17-11-7-12-18-27/h4-7,9-12,15-18,25,28-31,39H,1-2,8,13-14,19-24H2,3H3/t25?,28-,29+,30+,31?,35?/m1/s1. The van der Waals surface area contributed by atoms with E-state index in [9.17, 15) is 19.5 Å². The molecule has 0 saturated carbocycles. The first kappa shape index (κ1) is 31.1. The average molecular weight is 602 g/mol. The molecule has 2 bridgehead atoms. The molecule has 3 unspecified atom stereocenters. The molecule has 0 aliphatic carbocycles. The first-order valence-corrected chi connectivity index (χ1v) is 16.3. The number of thioether (sulfide) groups is 1. The van der Waals surface area contributed by atoms with Crippen LogP contribution in [0.25, 0.3) is 0 Å². The van der Waals surface area contributed by atoms with E-state index in [0.29, 0.717) is 39.0 Å². The summed E-state index contributed by atoms with van der Waals surface area (Å²) in [7, 11) is 0. The van der Waals surface area contributed by atoms with E-state index in [4.69, 9.17) is 0 Å². The van der Waals surface area contributed by atoms with Crippen molar-refractivity contribution in [1.82, 2.24) is 9.80 Å². The summed E-state index contributed by atoms with van der Waals surface area (Å²) in [6.07, 6.45) is 6.33. The monoisotopic (exact) mass is 601 g/mol. The van der Waals surface area contributed by atoms with Gasteiger partial charge in [-0.3, -0.25) is 14.4 Å². The van der Waals surface area contributed by atoms with Crippen molar-refractivity contribution in [3.05, 3.63) is 91.5 Å². The van der Waals surface area contributed by atoms with E-state index in [-0.39, 0.29) is 35.5 Å². The molecule has 3 amide bonds. The number of unbranched alkanes of at least 4 members (excludes halogenated alkanes) is 2. The van der Waals surface area contributed by atoms with Gasteiger partial charge in [-0.2, -0.15) is 0 Å². The molecule has 3 aliphatic heterocycles. The number of nitrogens with zero attached hydrogens (tertiary/aromatic N) is 3. The SMILES string of the molecule is C=CCN(Cc1ccccc1)C(=O)C1N(CCCCCO)C(=O)[C@@H]2[C@@H](C(=O)N(CC=C)c3ccccc3)[C@H]3CC(C)C12S3. The minimum absolute atomic E-state index is 0.0405. The van der Waals surface area contributed by atoms with Gasteiger partial charge in [-0.1, -0.05) is 67.6 Å². The minimum atomic E-state index is -0.692. The lowest BCUT2D eigenvalue weighted by Crippen LogP contribution is -2.57. The number of fused-ring (bicyclic) bond motifs is 1. The predicted octanol–water partition coefficient (Wildman–Crippen LogP) is 4.92. The lowest BCUT2D eigenvalue weighted by molar-refractivity contribution is -0.143. The summed E-state index contributed by atoms with van der Waals surface area (Å²) < 4.78 is -0.692. The van der Waals surface area contributed by atoms with Crippen molar-refractivity contribution in [2.24, 2.45) is 17.8 Å². The topological polar surface area (TPSA) is 81.2 Å². The molecule has 3 fully saturated rings. The first-order valence-electron chi connectivity index (χ1n) is 15.4. The van der Waals surface area contributed by atoms with Gasteiger partial charge in [0.25, 0.3) is 0 Å². The van der Waals surface area contributed by atoms with E-state index >= 15 is 0 Å². The molecule has 2 aromatic carbocycles. The highest BCUT2D eigenvalue weighted by Gasteiger charge is 2.76. The Hall–Kier alpha value is -3.36. The molecule has 2 aromatic rings. The summed E-state index contributed by atoms with van der Waals surface area (Å²) in [5, 5.41) is 9.31. The molecule has 0 radical (unpaired) electrons. The Morgan fingerprint density at radius 1 is 1.00 bits per heavy atom. The summed E-state index contributed by atoms with van der Waals surface area (Å²) >= 11 is 1.71. The van der Waals surface area contributed by atoms with E-state index in [0.717, 1.165) is 24.1 Å². The van der Waals surface area contributed by atoms with Crippen LogP contribution in [0.4, 0.5) is 5.69 Å². The molecule has 3 aliphatic rings. The third kappa shape index (κ3) is 5.67. The third-order valence-corrected chi connectivity index (χ3v) is 11.4. The van der Waals surface area contributed by atoms with Crippen LogP contribution in [0.5, 0.6) is 0 Å². The van der Waals surface area contributed by atoms with Crippen molar-refractivity contribution >= 4 is 35.2 Å². The maximum absolute atomic E-state index is 14.7. The molecule has 43 heavy (non-hydrogen) atoms. The van der Waals surface area contributed by atoms with E-state index in [1.165, 1.54) is 0 Å². The molecule has 1 spiro atoms.